The topological polar surface area (TPSA) is 128 Å². The molecule has 0 heterocycles. The Hall–Kier alpha value is -1.93. The van der Waals surface area contributed by atoms with Gasteiger partial charge in [0.1, 0.15) is 12.6 Å². The van der Waals surface area contributed by atoms with E-state index in [1.807, 2.05) is 6.07 Å². The number of nitrogens with one attached hydrogen (secondary N) is 1. The first-order chi connectivity index (χ1) is 10.0. The van der Waals surface area contributed by atoms with Crippen LogP contribution in [0.15, 0.2) is 24.3 Å². The Morgan fingerprint density at radius 3 is 2.76 bits per heavy atom. The molecule has 0 saturated carbocycles. The number of ether oxygens (including phenoxy) is 1. The third kappa shape index (κ3) is 6.87. The van der Waals surface area contributed by atoms with Gasteiger partial charge < -0.3 is 26.6 Å². The molecule has 0 spiro atoms. The summed E-state index contributed by atoms with van der Waals surface area (Å²) in [6, 6.07) is 6.25. The number of amides is 1. The molecule has 1 amide bonds. The van der Waals surface area contributed by atoms with Crippen LogP contribution in [-0.2, 0) is 16.1 Å². The lowest BCUT2D eigenvalue weighted by Gasteiger charge is -2.09. The summed E-state index contributed by atoms with van der Waals surface area (Å²) in [5, 5.41) is 11.2. The highest BCUT2D eigenvalue weighted by Crippen LogP contribution is 2.11. The maximum atomic E-state index is 11.4. The second-order valence-electron chi connectivity index (χ2n) is 4.22. The first-order valence-corrected chi connectivity index (χ1v) is 7.46. The highest BCUT2D eigenvalue weighted by molar-refractivity contribution is 7.99. The average Bonchev–Trinajstić information content (AvgIpc) is 2.45. The number of thioether (sulfide) groups is 1. The van der Waals surface area contributed by atoms with Crippen molar-refractivity contribution >= 4 is 29.5 Å². The van der Waals surface area contributed by atoms with Gasteiger partial charge in [0.2, 0.25) is 0 Å². The van der Waals surface area contributed by atoms with Crippen molar-refractivity contribution < 1.29 is 19.4 Å². The number of anilines is 1. The minimum absolute atomic E-state index is 0.107. The van der Waals surface area contributed by atoms with Gasteiger partial charge in [0, 0.05) is 29.3 Å². The third-order valence-electron chi connectivity index (χ3n) is 2.54. The van der Waals surface area contributed by atoms with Crippen molar-refractivity contribution in [3.05, 3.63) is 29.8 Å². The molecular formula is C13H19N3O4S. The first kappa shape index (κ1) is 17.1. The molecule has 0 fully saturated rings. The van der Waals surface area contributed by atoms with E-state index in [0.29, 0.717) is 23.7 Å². The Bertz CT molecular complexity index is 484. The van der Waals surface area contributed by atoms with Gasteiger partial charge in [-0.3, -0.25) is 4.79 Å². The average molecular weight is 313 g/mol. The number of rotatable bonds is 8. The molecule has 1 atom stereocenters. The van der Waals surface area contributed by atoms with E-state index in [1.54, 1.807) is 18.2 Å². The lowest BCUT2D eigenvalue weighted by molar-refractivity contribution is -0.137. The summed E-state index contributed by atoms with van der Waals surface area (Å²) in [6.45, 7) is 0.482. The SMILES string of the molecule is Nc1ccccc1COC(=O)NCCSCC(N)C(=O)O. The molecule has 0 aliphatic carbocycles. The largest absolute Gasteiger partial charge is 0.480 e. The molecular weight excluding hydrogens is 294 g/mol. The van der Waals surface area contributed by atoms with Crippen LogP contribution in [0.4, 0.5) is 10.5 Å². The smallest absolute Gasteiger partial charge is 0.407 e. The standard InChI is InChI=1S/C13H19N3O4S/c14-10-4-2-1-3-9(10)7-20-13(19)16-5-6-21-8-11(15)12(17)18/h1-4,11H,5-8,14-15H2,(H,16,19)(H,17,18). The van der Waals surface area contributed by atoms with Crippen molar-refractivity contribution in [1.29, 1.82) is 0 Å². The second kappa shape index (κ2) is 9.09. The molecule has 1 unspecified atom stereocenters. The van der Waals surface area contributed by atoms with E-state index in [0.717, 1.165) is 5.56 Å². The number of alkyl carbamates (subject to hydrolysis) is 1. The first-order valence-electron chi connectivity index (χ1n) is 6.31. The van der Waals surface area contributed by atoms with E-state index >= 15 is 0 Å². The summed E-state index contributed by atoms with van der Waals surface area (Å²) in [4.78, 5) is 21.9. The van der Waals surface area contributed by atoms with Crippen molar-refractivity contribution in [2.45, 2.75) is 12.6 Å². The Morgan fingerprint density at radius 1 is 1.38 bits per heavy atom. The maximum Gasteiger partial charge on any atom is 0.407 e. The Morgan fingerprint density at radius 2 is 2.10 bits per heavy atom. The molecule has 1 aromatic rings. The zero-order chi connectivity index (χ0) is 15.7. The minimum Gasteiger partial charge on any atom is -0.480 e. The summed E-state index contributed by atoms with van der Waals surface area (Å²) in [5.74, 6) is -0.175. The Labute approximate surface area is 127 Å². The van der Waals surface area contributed by atoms with Crippen molar-refractivity contribution in [3.63, 3.8) is 0 Å². The van der Waals surface area contributed by atoms with Gasteiger partial charge in [-0.05, 0) is 6.07 Å². The summed E-state index contributed by atoms with van der Waals surface area (Å²) in [5.41, 5.74) is 12.4. The van der Waals surface area contributed by atoms with Crippen molar-refractivity contribution in [1.82, 2.24) is 5.32 Å². The maximum absolute atomic E-state index is 11.4. The van der Waals surface area contributed by atoms with Gasteiger partial charge in [-0.25, -0.2) is 4.79 Å². The predicted molar refractivity (Wildman–Crippen MR) is 82.0 cm³/mol. The van der Waals surface area contributed by atoms with Crippen molar-refractivity contribution in [3.8, 4) is 0 Å². The van der Waals surface area contributed by atoms with Gasteiger partial charge in [-0.15, -0.1) is 0 Å². The van der Waals surface area contributed by atoms with Gasteiger partial charge in [-0.1, -0.05) is 18.2 Å². The van der Waals surface area contributed by atoms with Crippen LogP contribution in [0.5, 0.6) is 0 Å². The van der Waals surface area contributed by atoms with E-state index < -0.39 is 18.1 Å². The molecule has 1 aromatic carbocycles. The number of nitrogens with two attached hydrogens (primary N) is 2. The van der Waals surface area contributed by atoms with E-state index in [4.69, 9.17) is 21.3 Å². The number of aliphatic carboxylic acids is 1. The van der Waals surface area contributed by atoms with Gasteiger partial charge >= 0.3 is 12.1 Å². The number of hydrogen-bond acceptors (Lipinski definition) is 6. The molecule has 6 N–H and O–H groups in total. The van der Waals surface area contributed by atoms with E-state index in [2.05, 4.69) is 5.32 Å². The number of hydrogen-bond donors (Lipinski definition) is 4. The molecule has 0 aliphatic rings. The number of benzene rings is 1. The Balaban J connectivity index is 2.12. The van der Waals surface area contributed by atoms with E-state index in [-0.39, 0.29) is 6.61 Å². The van der Waals surface area contributed by atoms with Gasteiger partial charge in [0.25, 0.3) is 0 Å². The summed E-state index contributed by atoms with van der Waals surface area (Å²) in [7, 11) is 0. The summed E-state index contributed by atoms with van der Waals surface area (Å²) < 4.78 is 5.02. The normalized spacial score (nSPS) is 11.7. The van der Waals surface area contributed by atoms with E-state index in [9.17, 15) is 9.59 Å². The number of nitrogen functional groups attached to an aromatic ring is 1. The van der Waals surface area contributed by atoms with Crippen LogP contribution in [0.1, 0.15) is 5.56 Å². The molecule has 0 bridgehead atoms. The second-order valence-corrected chi connectivity index (χ2v) is 5.37. The van der Waals surface area contributed by atoms with Crippen LogP contribution in [-0.4, -0.2) is 41.3 Å². The molecule has 0 aromatic heterocycles. The number of carboxylic acid groups (broad SMARTS) is 1. The molecule has 116 valence electrons. The monoisotopic (exact) mass is 313 g/mol. The fourth-order valence-electron chi connectivity index (χ4n) is 1.37. The minimum atomic E-state index is -1.03. The molecule has 0 saturated heterocycles. The molecule has 8 heteroatoms. The van der Waals surface area contributed by atoms with Crippen molar-refractivity contribution in [2.24, 2.45) is 5.73 Å². The number of carbonyl (C=O) groups is 2. The number of para-hydroxylation sites is 1. The molecule has 21 heavy (non-hydrogen) atoms. The molecule has 7 nitrogen and oxygen atoms in total. The van der Waals surface area contributed by atoms with Crippen LogP contribution in [0.25, 0.3) is 0 Å². The van der Waals surface area contributed by atoms with Crippen LogP contribution in [0, 0.1) is 0 Å². The van der Waals surface area contributed by atoms with Crippen LogP contribution in [0.3, 0.4) is 0 Å². The number of carbonyl (C=O) groups excluding carboxylic acids is 1. The highest BCUT2D eigenvalue weighted by Gasteiger charge is 2.10. The van der Waals surface area contributed by atoms with Crippen LogP contribution in [0.2, 0.25) is 0 Å². The molecule has 0 radical (unpaired) electrons. The lowest BCUT2D eigenvalue weighted by atomic mass is 10.2. The summed E-state index contributed by atoms with van der Waals surface area (Å²) >= 11 is 1.35. The zero-order valence-electron chi connectivity index (χ0n) is 11.5. The fourth-order valence-corrected chi connectivity index (χ4v) is 2.18. The van der Waals surface area contributed by atoms with Crippen LogP contribution < -0.4 is 16.8 Å². The lowest BCUT2D eigenvalue weighted by Crippen LogP contribution is -2.33. The van der Waals surface area contributed by atoms with Crippen molar-refractivity contribution in [2.75, 3.05) is 23.8 Å². The predicted octanol–water partition coefficient (Wildman–Crippen LogP) is 0.640. The fraction of sp³-hybridized carbons (Fsp3) is 0.385. The summed E-state index contributed by atoms with van der Waals surface area (Å²) in [6.07, 6.45) is -0.540. The van der Waals surface area contributed by atoms with E-state index in [1.165, 1.54) is 11.8 Å². The molecule has 0 aliphatic heterocycles. The van der Waals surface area contributed by atoms with Crippen LogP contribution >= 0.6 is 11.8 Å². The number of carboxylic acids is 1. The molecule has 1 rings (SSSR count). The van der Waals surface area contributed by atoms with Gasteiger partial charge in [-0.2, -0.15) is 11.8 Å². The highest BCUT2D eigenvalue weighted by atomic mass is 32.2. The van der Waals surface area contributed by atoms with Gasteiger partial charge in [0.05, 0.1) is 0 Å². The third-order valence-corrected chi connectivity index (χ3v) is 3.63. The quantitative estimate of drug-likeness (QED) is 0.409. The zero-order valence-corrected chi connectivity index (χ0v) is 12.3. The van der Waals surface area contributed by atoms with Gasteiger partial charge in [0.15, 0.2) is 0 Å². The Kier molecular flexibility index (Phi) is 7.41.